The molecule has 2 N–H and O–H groups in total. The zero-order valence-electron chi connectivity index (χ0n) is 23.8. The molecule has 0 aromatic heterocycles. The van der Waals surface area contributed by atoms with E-state index in [1.54, 1.807) is 61.2 Å². The number of likely N-dealkylation sites (tertiary alicyclic amines) is 1. The fourth-order valence-electron chi connectivity index (χ4n) is 4.25. The minimum atomic E-state index is -3.54. The number of nitrogens with zero attached hydrogens (tertiary/aromatic N) is 2. The standard InChI is InChI=1S/C30H39N3O6S/c1-6-40(36,37)32-27-11-10-26(38-25-12-14-33(15-13-25)29(35)39-30(3,4)5)18-24(27)19-28(34)21(2)16-22-8-7-9-23(17-22)20-31/h7-11,16-18,25,28,32,34H,6,12-15,19H2,1-5H3/b21-16+. The highest BCUT2D eigenvalue weighted by Crippen LogP contribution is 2.28. The maximum atomic E-state index is 12.4. The molecule has 1 atom stereocenters. The Morgan fingerprint density at radius 1 is 1.23 bits per heavy atom. The van der Waals surface area contributed by atoms with Gasteiger partial charge < -0.3 is 19.5 Å². The molecule has 40 heavy (non-hydrogen) atoms. The van der Waals surface area contributed by atoms with E-state index in [0.29, 0.717) is 54.1 Å². The SMILES string of the molecule is CCS(=O)(=O)Nc1ccc(OC2CCN(C(=O)OC(C)(C)C)CC2)cc1CC(O)/C(C)=C/c1cccc(C#N)c1. The normalized spacial score (nSPS) is 15.7. The molecule has 10 heteroatoms. The molecule has 1 saturated heterocycles. The first-order valence-electron chi connectivity index (χ1n) is 13.4. The van der Waals surface area contributed by atoms with Crippen LogP contribution in [0.5, 0.6) is 5.75 Å². The van der Waals surface area contributed by atoms with Crippen LogP contribution in [0.1, 0.15) is 64.2 Å². The largest absolute Gasteiger partial charge is 0.490 e. The number of nitriles is 1. The number of nitrogens with one attached hydrogen (secondary N) is 1. The Kier molecular flexibility index (Phi) is 10.2. The number of aliphatic hydroxyl groups is 1. The van der Waals surface area contributed by atoms with Gasteiger partial charge in [-0.1, -0.05) is 18.2 Å². The number of rotatable bonds is 9. The zero-order chi connectivity index (χ0) is 29.5. The number of benzene rings is 2. The summed E-state index contributed by atoms with van der Waals surface area (Å²) in [5.74, 6) is 0.471. The van der Waals surface area contributed by atoms with Crippen LogP contribution in [0.2, 0.25) is 0 Å². The van der Waals surface area contributed by atoms with Crippen molar-refractivity contribution < 1.29 is 27.8 Å². The van der Waals surface area contributed by atoms with Crippen LogP contribution in [-0.2, 0) is 21.2 Å². The number of ether oxygens (including phenoxy) is 2. The van der Waals surface area contributed by atoms with E-state index < -0.39 is 21.7 Å². The predicted octanol–water partition coefficient (Wildman–Crippen LogP) is 5.11. The van der Waals surface area contributed by atoms with Crippen molar-refractivity contribution in [3.63, 3.8) is 0 Å². The van der Waals surface area contributed by atoms with Crippen molar-refractivity contribution in [3.05, 3.63) is 64.7 Å². The Morgan fingerprint density at radius 3 is 2.55 bits per heavy atom. The van der Waals surface area contributed by atoms with Gasteiger partial charge in [0, 0.05) is 32.4 Å². The number of carbonyl (C=O) groups is 1. The van der Waals surface area contributed by atoms with Crippen molar-refractivity contribution in [2.75, 3.05) is 23.6 Å². The average Bonchev–Trinajstić information content (AvgIpc) is 2.89. The van der Waals surface area contributed by atoms with E-state index >= 15 is 0 Å². The van der Waals surface area contributed by atoms with Gasteiger partial charge in [0.15, 0.2) is 0 Å². The molecule has 9 nitrogen and oxygen atoms in total. The van der Waals surface area contributed by atoms with Crippen molar-refractivity contribution >= 4 is 27.9 Å². The van der Waals surface area contributed by atoms with E-state index in [9.17, 15) is 18.3 Å². The number of amides is 1. The molecule has 1 amide bonds. The summed E-state index contributed by atoms with van der Waals surface area (Å²) in [4.78, 5) is 14.0. The van der Waals surface area contributed by atoms with Crippen LogP contribution in [0.3, 0.4) is 0 Å². The number of carbonyl (C=O) groups excluding carboxylic acids is 1. The van der Waals surface area contributed by atoms with E-state index in [0.717, 1.165) is 5.56 Å². The first-order valence-corrected chi connectivity index (χ1v) is 15.1. The Labute approximate surface area is 237 Å². The molecule has 3 rings (SSSR count). The second-order valence-corrected chi connectivity index (χ2v) is 13.0. The van der Waals surface area contributed by atoms with Gasteiger partial charge >= 0.3 is 6.09 Å². The third kappa shape index (κ3) is 9.28. The lowest BCUT2D eigenvalue weighted by Crippen LogP contribution is -2.44. The first-order chi connectivity index (χ1) is 18.8. The lowest BCUT2D eigenvalue weighted by Gasteiger charge is -2.33. The monoisotopic (exact) mass is 569 g/mol. The van der Waals surface area contributed by atoms with Gasteiger partial charge in [-0.05, 0) is 81.7 Å². The van der Waals surface area contributed by atoms with E-state index in [1.165, 1.54) is 0 Å². The molecule has 2 aromatic rings. The molecular weight excluding hydrogens is 530 g/mol. The third-order valence-corrected chi connectivity index (χ3v) is 7.76. The maximum Gasteiger partial charge on any atom is 0.410 e. The summed E-state index contributed by atoms with van der Waals surface area (Å²) in [6.45, 7) is 9.88. The lowest BCUT2D eigenvalue weighted by molar-refractivity contribution is 0.0126. The summed E-state index contributed by atoms with van der Waals surface area (Å²) in [6, 6.07) is 14.3. The van der Waals surface area contributed by atoms with Crippen molar-refractivity contribution in [2.45, 2.75) is 71.7 Å². The van der Waals surface area contributed by atoms with Gasteiger partial charge in [0.2, 0.25) is 10.0 Å². The number of sulfonamides is 1. The van der Waals surface area contributed by atoms with Crippen molar-refractivity contribution in [2.24, 2.45) is 0 Å². The maximum absolute atomic E-state index is 12.4. The van der Waals surface area contributed by atoms with Crippen molar-refractivity contribution in [1.29, 1.82) is 5.26 Å². The molecule has 0 spiro atoms. The molecular formula is C30H39N3O6S. The van der Waals surface area contributed by atoms with E-state index in [-0.39, 0.29) is 24.4 Å². The highest BCUT2D eigenvalue weighted by Gasteiger charge is 2.28. The molecule has 1 unspecified atom stereocenters. The fraction of sp³-hybridized carbons (Fsp3) is 0.467. The second-order valence-electron chi connectivity index (χ2n) is 11.0. The Balaban J connectivity index is 1.75. The highest BCUT2D eigenvalue weighted by molar-refractivity contribution is 7.92. The lowest BCUT2D eigenvalue weighted by atomic mass is 9.99. The summed E-state index contributed by atoms with van der Waals surface area (Å²) < 4.78 is 38.9. The minimum absolute atomic E-state index is 0.0857. The number of anilines is 1. The van der Waals surface area contributed by atoms with Crippen LogP contribution >= 0.6 is 0 Å². The molecule has 0 saturated carbocycles. The Hall–Kier alpha value is -3.55. The van der Waals surface area contributed by atoms with E-state index in [1.807, 2.05) is 26.8 Å². The van der Waals surface area contributed by atoms with Crippen LogP contribution in [-0.4, -0.2) is 61.2 Å². The molecule has 1 aliphatic rings. The van der Waals surface area contributed by atoms with Gasteiger partial charge in [-0.2, -0.15) is 5.26 Å². The van der Waals surface area contributed by atoms with Crippen LogP contribution in [0.25, 0.3) is 6.08 Å². The Morgan fingerprint density at radius 2 is 1.93 bits per heavy atom. The van der Waals surface area contributed by atoms with Gasteiger partial charge in [0.1, 0.15) is 17.5 Å². The smallest absolute Gasteiger partial charge is 0.410 e. The number of piperidine rings is 1. The first kappa shape index (κ1) is 31.0. The number of hydrogen-bond acceptors (Lipinski definition) is 7. The quantitative estimate of drug-likeness (QED) is 0.430. The van der Waals surface area contributed by atoms with E-state index in [4.69, 9.17) is 14.7 Å². The summed E-state index contributed by atoms with van der Waals surface area (Å²) >= 11 is 0. The van der Waals surface area contributed by atoms with Crippen LogP contribution < -0.4 is 9.46 Å². The number of aliphatic hydroxyl groups excluding tert-OH is 1. The van der Waals surface area contributed by atoms with E-state index in [2.05, 4.69) is 10.8 Å². The topological polar surface area (TPSA) is 129 Å². The molecule has 1 heterocycles. The Bertz CT molecular complexity index is 1370. The van der Waals surface area contributed by atoms with Crippen molar-refractivity contribution in [1.82, 2.24) is 4.90 Å². The summed E-state index contributed by atoms with van der Waals surface area (Å²) in [5.41, 5.74) is 2.39. The molecule has 0 aliphatic carbocycles. The molecule has 0 radical (unpaired) electrons. The number of hydrogen-bond donors (Lipinski definition) is 2. The van der Waals surface area contributed by atoms with Crippen LogP contribution in [0, 0.1) is 11.3 Å². The predicted molar refractivity (Wildman–Crippen MR) is 156 cm³/mol. The van der Waals surface area contributed by atoms with Gasteiger partial charge in [0.25, 0.3) is 0 Å². The van der Waals surface area contributed by atoms with Crippen molar-refractivity contribution in [3.8, 4) is 11.8 Å². The third-order valence-electron chi connectivity index (χ3n) is 6.47. The van der Waals surface area contributed by atoms with Crippen LogP contribution in [0.4, 0.5) is 10.5 Å². The fourth-order valence-corrected chi connectivity index (χ4v) is 4.93. The molecule has 1 fully saturated rings. The average molecular weight is 570 g/mol. The van der Waals surface area contributed by atoms with Gasteiger partial charge in [0.05, 0.1) is 29.2 Å². The van der Waals surface area contributed by atoms with Gasteiger partial charge in [-0.3, -0.25) is 4.72 Å². The highest BCUT2D eigenvalue weighted by atomic mass is 32.2. The van der Waals surface area contributed by atoms with Gasteiger partial charge in [-0.25, -0.2) is 13.2 Å². The second kappa shape index (κ2) is 13.2. The van der Waals surface area contributed by atoms with Gasteiger partial charge in [-0.15, -0.1) is 0 Å². The summed E-state index contributed by atoms with van der Waals surface area (Å²) in [5, 5.41) is 20.2. The van der Waals surface area contributed by atoms with Crippen LogP contribution in [0.15, 0.2) is 48.0 Å². The summed E-state index contributed by atoms with van der Waals surface area (Å²) in [7, 11) is -3.54. The molecule has 2 aromatic carbocycles. The summed E-state index contributed by atoms with van der Waals surface area (Å²) in [6.07, 6.45) is 1.86. The molecule has 0 bridgehead atoms. The minimum Gasteiger partial charge on any atom is -0.490 e. The molecule has 1 aliphatic heterocycles. The molecule has 216 valence electrons. The zero-order valence-corrected chi connectivity index (χ0v) is 24.6.